The van der Waals surface area contributed by atoms with Gasteiger partial charge in [0, 0.05) is 6.07 Å². The average Bonchev–Trinajstić information content (AvgIpc) is 2.32. The number of hydrogen-bond donors (Lipinski definition) is 1. The standard InChI is InChI=1S/C8H7NO2/c10-6-1-2-7-8(11)3-4-9(7)5-6/h1-2,5H,3-4H2/p+1. The van der Waals surface area contributed by atoms with Gasteiger partial charge in [0.15, 0.2) is 12.3 Å². The molecule has 0 fully saturated rings. The summed E-state index contributed by atoms with van der Waals surface area (Å²) in [7, 11) is 0. The van der Waals surface area contributed by atoms with E-state index in [9.17, 15) is 4.79 Å². The lowest BCUT2D eigenvalue weighted by Gasteiger charge is -1.90. The molecule has 1 aliphatic heterocycles. The van der Waals surface area contributed by atoms with Crippen molar-refractivity contribution in [2.75, 3.05) is 0 Å². The topological polar surface area (TPSA) is 41.2 Å². The van der Waals surface area contributed by atoms with Crippen LogP contribution in [0.1, 0.15) is 16.9 Å². The molecule has 2 heterocycles. The minimum atomic E-state index is 0.157. The summed E-state index contributed by atoms with van der Waals surface area (Å²) in [5.41, 5.74) is 0.697. The Morgan fingerprint density at radius 2 is 2.27 bits per heavy atom. The van der Waals surface area contributed by atoms with Crippen LogP contribution in [0.4, 0.5) is 0 Å². The molecule has 0 spiro atoms. The molecule has 1 N–H and O–H groups in total. The number of fused-ring (bicyclic) bond motifs is 1. The number of carbonyl (C=O) groups is 1. The van der Waals surface area contributed by atoms with Gasteiger partial charge in [-0.15, -0.1) is 0 Å². The summed E-state index contributed by atoms with van der Waals surface area (Å²) in [6.45, 7) is 0.697. The van der Waals surface area contributed by atoms with Crippen LogP contribution in [-0.2, 0) is 6.54 Å². The Labute approximate surface area is 63.9 Å². The van der Waals surface area contributed by atoms with Crippen molar-refractivity contribution in [3.05, 3.63) is 24.0 Å². The van der Waals surface area contributed by atoms with Crippen LogP contribution < -0.4 is 4.57 Å². The summed E-state index contributed by atoms with van der Waals surface area (Å²) in [5, 5.41) is 9.05. The second-order valence-corrected chi connectivity index (χ2v) is 2.64. The van der Waals surface area contributed by atoms with Crippen molar-refractivity contribution < 1.29 is 14.5 Å². The number of ketones is 1. The monoisotopic (exact) mass is 150 g/mol. The quantitative estimate of drug-likeness (QED) is 0.539. The molecule has 0 saturated heterocycles. The summed E-state index contributed by atoms with van der Waals surface area (Å²) in [6.07, 6.45) is 2.14. The van der Waals surface area contributed by atoms with Gasteiger partial charge in [0.1, 0.15) is 0 Å². The molecule has 0 amide bonds. The van der Waals surface area contributed by atoms with Crippen LogP contribution in [0.2, 0.25) is 0 Å². The van der Waals surface area contributed by atoms with E-state index >= 15 is 0 Å². The van der Waals surface area contributed by atoms with Gasteiger partial charge in [-0.3, -0.25) is 4.79 Å². The number of Topliss-reactive ketones (excluding diaryl/α,β-unsaturated/α-hetero) is 1. The molecule has 0 aromatic carbocycles. The molecule has 0 bridgehead atoms. The van der Waals surface area contributed by atoms with E-state index in [4.69, 9.17) is 5.11 Å². The van der Waals surface area contributed by atoms with Gasteiger partial charge in [0.2, 0.25) is 17.7 Å². The highest BCUT2D eigenvalue weighted by Crippen LogP contribution is 2.10. The van der Waals surface area contributed by atoms with Crippen molar-refractivity contribution in [1.29, 1.82) is 0 Å². The number of carbonyl (C=O) groups excluding carboxylic acids is 1. The van der Waals surface area contributed by atoms with Crippen molar-refractivity contribution in [1.82, 2.24) is 0 Å². The van der Waals surface area contributed by atoms with E-state index in [0.717, 1.165) is 0 Å². The maximum atomic E-state index is 11.1. The highest BCUT2D eigenvalue weighted by atomic mass is 16.3. The first kappa shape index (κ1) is 6.34. The Kier molecular flexibility index (Phi) is 1.18. The second-order valence-electron chi connectivity index (χ2n) is 2.64. The molecule has 3 nitrogen and oxygen atoms in total. The molecule has 0 saturated carbocycles. The molecule has 0 radical (unpaired) electrons. The highest BCUT2D eigenvalue weighted by Gasteiger charge is 2.27. The zero-order valence-corrected chi connectivity index (χ0v) is 5.95. The minimum absolute atomic E-state index is 0.157. The summed E-state index contributed by atoms with van der Waals surface area (Å²) < 4.78 is 1.78. The number of aromatic hydroxyl groups is 1. The SMILES string of the molecule is O=C1CC[n+]2cc(O)ccc21. The van der Waals surface area contributed by atoms with Crippen molar-refractivity contribution in [3.63, 3.8) is 0 Å². The molecule has 1 aliphatic rings. The minimum Gasteiger partial charge on any atom is -0.503 e. The lowest BCUT2D eigenvalue weighted by molar-refractivity contribution is -0.689. The number of pyridine rings is 1. The number of hydrogen-bond acceptors (Lipinski definition) is 2. The number of rotatable bonds is 0. The van der Waals surface area contributed by atoms with Gasteiger partial charge in [-0.05, 0) is 6.07 Å². The van der Waals surface area contributed by atoms with Crippen molar-refractivity contribution in [2.45, 2.75) is 13.0 Å². The third-order valence-electron chi connectivity index (χ3n) is 1.87. The van der Waals surface area contributed by atoms with Crippen molar-refractivity contribution >= 4 is 5.78 Å². The molecule has 3 heteroatoms. The number of aromatic nitrogens is 1. The first-order chi connectivity index (χ1) is 5.27. The predicted octanol–water partition coefficient (Wildman–Crippen LogP) is 0.266. The van der Waals surface area contributed by atoms with Gasteiger partial charge >= 0.3 is 0 Å². The zero-order chi connectivity index (χ0) is 7.84. The van der Waals surface area contributed by atoms with Crippen LogP contribution in [0.15, 0.2) is 18.3 Å². The fourth-order valence-electron chi connectivity index (χ4n) is 1.32. The van der Waals surface area contributed by atoms with Crippen molar-refractivity contribution in [2.24, 2.45) is 0 Å². The van der Waals surface area contributed by atoms with Crippen LogP contribution in [0.3, 0.4) is 0 Å². The zero-order valence-electron chi connectivity index (χ0n) is 5.95. The van der Waals surface area contributed by atoms with Crippen LogP contribution >= 0.6 is 0 Å². The fraction of sp³-hybridized carbons (Fsp3) is 0.250. The Balaban J connectivity index is 2.59. The molecular weight excluding hydrogens is 142 g/mol. The summed E-state index contributed by atoms with van der Waals surface area (Å²) >= 11 is 0. The molecule has 56 valence electrons. The molecule has 2 rings (SSSR count). The van der Waals surface area contributed by atoms with Gasteiger partial charge in [-0.2, -0.15) is 4.57 Å². The Bertz CT molecular complexity index is 320. The molecular formula is C8H8NO2+. The summed E-state index contributed by atoms with van der Waals surface area (Å²) in [4.78, 5) is 11.1. The highest BCUT2D eigenvalue weighted by molar-refractivity contribution is 5.93. The Morgan fingerprint density at radius 1 is 1.45 bits per heavy atom. The van der Waals surface area contributed by atoms with Crippen molar-refractivity contribution in [3.8, 4) is 5.75 Å². The number of nitrogens with zero attached hydrogens (tertiary/aromatic N) is 1. The van der Waals surface area contributed by atoms with Crippen LogP contribution in [0, 0.1) is 0 Å². The second kappa shape index (κ2) is 2.05. The van der Waals surface area contributed by atoms with E-state index in [0.29, 0.717) is 18.7 Å². The predicted molar refractivity (Wildman–Crippen MR) is 37.2 cm³/mol. The Hall–Kier alpha value is -1.38. The van der Waals surface area contributed by atoms with E-state index in [1.54, 1.807) is 16.8 Å². The van der Waals surface area contributed by atoms with E-state index in [-0.39, 0.29) is 11.5 Å². The maximum absolute atomic E-state index is 11.1. The summed E-state index contributed by atoms with van der Waals surface area (Å²) in [5.74, 6) is 0.369. The lowest BCUT2D eigenvalue weighted by atomic mass is 10.2. The van der Waals surface area contributed by atoms with Gasteiger partial charge in [-0.25, -0.2) is 0 Å². The third kappa shape index (κ3) is 0.888. The molecule has 11 heavy (non-hydrogen) atoms. The van der Waals surface area contributed by atoms with Gasteiger partial charge in [-0.1, -0.05) is 0 Å². The van der Waals surface area contributed by atoms with E-state index in [1.165, 1.54) is 6.07 Å². The lowest BCUT2D eigenvalue weighted by Crippen LogP contribution is -2.32. The maximum Gasteiger partial charge on any atom is 0.249 e. The Morgan fingerprint density at radius 3 is 3.09 bits per heavy atom. The van der Waals surface area contributed by atoms with E-state index in [2.05, 4.69) is 0 Å². The van der Waals surface area contributed by atoms with Crippen LogP contribution in [-0.4, -0.2) is 10.9 Å². The van der Waals surface area contributed by atoms with Gasteiger partial charge in [0.25, 0.3) is 0 Å². The smallest absolute Gasteiger partial charge is 0.249 e. The fourth-order valence-corrected chi connectivity index (χ4v) is 1.32. The molecule has 0 atom stereocenters. The van der Waals surface area contributed by atoms with E-state index < -0.39 is 0 Å². The molecule has 1 aromatic heterocycles. The first-order valence-electron chi connectivity index (χ1n) is 3.53. The summed E-state index contributed by atoms with van der Waals surface area (Å²) in [6, 6.07) is 3.19. The molecule has 0 unspecified atom stereocenters. The van der Waals surface area contributed by atoms with Gasteiger partial charge in [0.05, 0.1) is 6.42 Å². The molecule has 1 aromatic rings. The van der Waals surface area contributed by atoms with E-state index in [1.807, 2.05) is 0 Å². The number of aryl methyl sites for hydroxylation is 1. The average molecular weight is 150 g/mol. The third-order valence-corrected chi connectivity index (χ3v) is 1.87. The van der Waals surface area contributed by atoms with Crippen LogP contribution in [0.5, 0.6) is 5.75 Å². The largest absolute Gasteiger partial charge is 0.503 e. The first-order valence-corrected chi connectivity index (χ1v) is 3.53. The van der Waals surface area contributed by atoms with Crippen LogP contribution in [0.25, 0.3) is 0 Å². The molecule has 0 aliphatic carbocycles. The van der Waals surface area contributed by atoms with Gasteiger partial charge < -0.3 is 5.11 Å². The normalized spacial score (nSPS) is 15.1.